The molecule has 15 heavy (non-hydrogen) atoms. The highest BCUT2D eigenvalue weighted by molar-refractivity contribution is 4.88. The average molecular weight is 211 g/mol. The van der Waals surface area contributed by atoms with E-state index in [4.69, 9.17) is 4.74 Å². The smallest absolute Gasteiger partial charge is 0.120 e. The summed E-state index contributed by atoms with van der Waals surface area (Å²) in [6.45, 7) is 2.56. The Morgan fingerprint density at radius 1 is 1.53 bits per heavy atom. The van der Waals surface area contributed by atoms with Gasteiger partial charge in [-0.1, -0.05) is 0 Å². The molecule has 1 aromatic heterocycles. The van der Waals surface area contributed by atoms with Crippen LogP contribution in [-0.4, -0.2) is 40.4 Å². The number of aliphatic hydroxyl groups is 1. The zero-order chi connectivity index (χ0) is 10.6. The second-order valence-electron chi connectivity index (χ2n) is 3.98. The molecule has 1 aromatic rings. The second-order valence-corrected chi connectivity index (χ2v) is 3.98. The first-order chi connectivity index (χ1) is 7.29. The summed E-state index contributed by atoms with van der Waals surface area (Å²) >= 11 is 0. The number of aromatic nitrogens is 2. The molecular formula is C10H17N3O2. The molecule has 1 fully saturated rings. The highest BCUT2D eigenvalue weighted by Crippen LogP contribution is 2.19. The summed E-state index contributed by atoms with van der Waals surface area (Å²) in [4.78, 5) is 7.10. The van der Waals surface area contributed by atoms with Crippen molar-refractivity contribution in [2.24, 2.45) is 0 Å². The normalized spacial score (nSPS) is 20.3. The van der Waals surface area contributed by atoms with Crippen molar-refractivity contribution < 1.29 is 9.84 Å². The fourth-order valence-electron chi connectivity index (χ4n) is 1.74. The third-order valence-corrected chi connectivity index (χ3v) is 2.72. The third-order valence-electron chi connectivity index (χ3n) is 2.72. The molecule has 84 valence electrons. The predicted molar refractivity (Wildman–Crippen MR) is 55.3 cm³/mol. The first-order valence-corrected chi connectivity index (χ1v) is 5.28. The van der Waals surface area contributed by atoms with Gasteiger partial charge in [-0.15, -0.1) is 0 Å². The molecule has 1 aliphatic heterocycles. The van der Waals surface area contributed by atoms with Crippen molar-refractivity contribution in [3.63, 3.8) is 0 Å². The molecule has 0 aromatic carbocycles. The lowest BCUT2D eigenvalue weighted by Gasteiger charge is -2.32. The van der Waals surface area contributed by atoms with Crippen LogP contribution in [0.5, 0.6) is 0 Å². The Bertz CT molecular complexity index is 281. The van der Waals surface area contributed by atoms with Gasteiger partial charge in [0.25, 0.3) is 0 Å². The first kappa shape index (κ1) is 10.6. The summed E-state index contributed by atoms with van der Waals surface area (Å²) in [7, 11) is 0. The van der Waals surface area contributed by atoms with Crippen LogP contribution in [0.3, 0.4) is 0 Å². The van der Waals surface area contributed by atoms with E-state index in [0.29, 0.717) is 39.1 Å². The van der Waals surface area contributed by atoms with Crippen LogP contribution < -0.4 is 5.32 Å². The van der Waals surface area contributed by atoms with Gasteiger partial charge >= 0.3 is 0 Å². The SMILES string of the molecule is OC1(CNCc2ncc[nH]2)CCOCC1. The van der Waals surface area contributed by atoms with E-state index in [-0.39, 0.29) is 0 Å². The molecule has 0 saturated carbocycles. The summed E-state index contributed by atoms with van der Waals surface area (Å²) in [6, 6.07) is 0. The van der Waals surface area contributed by atoms with E-state index in [9.17, 15) is 5.11 Å². The molecule has 0 bridgehead atoms. The van der Waals surface area contributed by atoms with Crippen LogP contribution in [0.1, 0.15) is 18.7 Å². The number of H-pyrrole nitrogens is 1. The van der Waals surface area contributed by atoms with Gasteiger partial charge in [0.1, 0.15) is 5.82 Å². The van der Waals surface area contributed by atoms with E-state index in [1.165, 1.54) is 0 Å². The minimum atomic E-state index is -0.606. The first-order valence-electron chi connectivity index (χ1n) is 5.28. The van der Waals surface area contributed by atoms with Gasteiger partial charge in [0.2, 0.25) is 0 Å². The Labute approximate surface area is 88.9 Å². The molecular weight excluding hydrogens is 194 g/mol. The van der Waals surface area contributed by atoms with Crippen LogP contribution in [0.2, 0.25) is 0 Å². The van der Waals surface area contributed by atoms with E-state index in [2.05, 4.69) is 15.3 Å². The van der Waals surface area contributed by atoms with Crippen LogP contribution >= 0.6 is 0 Å². The van der Waals surface area contributed by atoms with Gasteiger partial charge < -0.3 is 20.1 Å². The number of nitrogens with zero attached hydrogens (tertiary/aromatic N) is 1. The predicted octanol–water partition coefficient (Wildman–Crippen LogP) is 0.0408. The average Bonchev–Trinajstić information content (AvgIpc) is 2.71. The van der Waals surface area contributed by atoms with E-state index >= 15 is 0 Å². The van der Waals surface area contributed by atoms with E-state index in [1.54, 1.807) is 12.4 Å². The fraction of sp³-hybridized carbons (Fsp3) is 0.700. The highest BCUT2D eigenvalue weighted by atomic mass is 16.5. The van der Waals surface area contributed by atoms with Crippen LogP contribution in [0.15, 0.2) is 12.4 Å². The van der Waals surface area contributed by atoms with Gasteiger partial charge in [0.15, 0.2) is 0 Å². The summed E-state index contributed by atoms with van der Waals surface area (Å²) in [6.07, 6.45) is 4.93. The maximum atomic E-state index is 10.1. The van der Waals surface area contributed by atoms with Crippen molar-refractivity contribution in [1.29, 1.82) is 0 Å². The molecule has 2 rings (SSSR count). The van der Waals surface area contributed by atoms with Crippen LogP contribution in [0, 0.1) is 0 Å². The number of hydrogen-bond acceptors (Lipinski definition) is 4. The monoisotopic (exact) mass is 211 g/mol. The molecule has 0 atom stereocenters. The van der Waals surface area contributed by atoms with Crippen molar-refractivity contribution in [3.8, 4) is 0 Å². The zero-order valence-electron chi connectivity index (χ0n) is 8.70. The topological polar surface area (TPSA) is 70.2 Å². The molecule has 0 aliphatic carbocycles. The van der Waals surface area contributed by atoms with Crippen molar-refractivity contribution in [1.82, 2.24) is 15.3 Å². The van der Waals surface area contributed by atoms with Crippen molar-refractivity contribution in [2.75, 3.05) is 19.8 Å². The van der Waals surface area contributed by atoms with Crippen molar-refractivity contribution in [2.45, 2.75) is 25.0 Å². The Morgan fingerprint density at radius 3 is 3.00 bits per heavy atom. The lowest BCUT2D eigenvalue weighted by molar-refractivity contribution is -0.0617. The maximum Gasteiger partial charge on any atom is 0.120 e. The van der Waals surface area contributed by atoms with Crippen LogP contribution in [0.4, 0.5) is 0 Å². The molecule has 0 spiro atoms. The molecule has 1 aliphatic rings. The Morgan fingerprint density at radius 2 is 2.33 bits per heavy atom. The molecule has 1 saturated heterocycles. The summed E-state index contributed by atoms with van der Waals surface area (Å²) in [5, 5.41) is 13.3. The number of nitrogens with one attached hydrogen (secondary N) is 2. The largest absolute Gasteiger partial charge is 0.388 e. The number of aromatic amines is 1. The van der Waals surface area contributed by atoms with E-state index in [1.807, 2.05) is 0 Å². The third kappa shape index (κ3) is 3.02. The Balaban J connectivity index is 1.72. The van der Waals surface area contributed by atoms with Gasteiger partial charge in [-0.05, 0) is 0 Å². The maximum absolute atomic E-state index is 10.1. The highest BCUT2D eigenvalue weighted by Gasteiger charge is 2.29. The Hall–Kier alpha value is -0.910. The fourth-order valence-corrected chi connectivity index (χ4v) is 1.74. The van der Waals surface area contributed by atoms with Crippen molar-refractivity contribution in [3.05, 3.63) is 18.2 Å². The number of hydrogen-bond donors (Lipinski definition) is 3. The number of imidazole rings is 1. The molecule has 0 unspecified atom stereocenters. The summed E-state index contributed by atoms with van der Waals surface area (Å²) in [5.74, 6) is 0.894. The molecule has 2 heterocycles. The van der Waals surface area contributed by atoms with Gasteiger partial charge in [-0.2, -0.15) is 0 Å². The van der Waals surface area contributed by atoms with Gasteiger partial charge in [0, 0.05) is 45.0 Å². The van der Waals surface area contributed by atoms with Gasteiger partial charge in [-0.25, -0.2) is 4.98 Å². The quantitative estimate of drug-likeness (QED) is 0.657. The summed E-state index contributed by atoms with van der Waals surface area (Å²) < 4.78 is 5.21. The van der Waals surface area contributed by atoms with Crippen LogP contribution in [0.25, 0.3) is 0 Å². The van der Waals surface area contributed by atoms with Crippen molar-refractivity contribution >= 4 is 0 Å². The molecule has 5 nitrogen and oxygen atoms in total. The minimum absolute atomic E-state index is 0.594. The molecule has 0 radical (unpaired) electrons. The van der Waals surface area contributed by atoms with E-state index < -0.39 is 5.60 Å². The van der Waals surface area contributed by atoms with Gasteiger partial charge in [0.05, 0.1) is 12.1 Å². The van der Waals surface area contributed by atoms with E-state index in [0.717, 1.165) is 5.82 Å². The second kappa shape index (κ2) is 4.74. The molecule has 3 N–H and O–H groups in total. The number of rotatable bonds is 4. The summed E-state index contributed by atoms with van der Waals surface area (Å²) in [5.41, 5.74) is -0.606. The standard InChI is InChI=1S/C10H17N3O2/c14-10(1-5-15-6-2-10)8-11-7-9-12-3-4-13-9/h3-4,11,14H,1-2,5-8H2,(H,12,13). The Kier molecular flexibility index (Phi) is 3.35. The lowest BCUT2D eigenvalue weighted by Crippen LogP contribution is -2.44. The lowest BCUT2D eigenvalue weighted by atomic mass is 9.94. The minimum Gasteiger partial charge on any atom is -0.388 e. The number of ether oxygens (including phenoxy) is 1. The van der Waals surface area contributed by atoms with Crippen LogP contribution in [-0.2, 0) is 11.3 Å². The van der Waals surface area contributed by atoms with Gasteiger partial charge in [-0.3, -0.25) is 0 Å². The zero-order valence-corrected chi connectivity index (χ0v) is 8.70. The molecule has 0 amide bonds. The molecule has 5 heteroatoms.